The van der Waals surface area contributed by atoms with Crippen molar-refractivity contribution in [2.75, 3.05) is 4.90 Å². The molecule has 0 aliphatic rings. The molecule has 0 aliphatic heterocycles. The third-order valence-electron chi connectivity index (χ3n) is 5.26. The van der Waals surface area contributed by atoms with Gasteiger partial charge in [-0.2, -0.15) is 13.2 Å². The average Bonchev–Trinajstić information content (AvgIpc) is 3.25. The molecule has 0 aliphatic carbocycles. The van der Waals surface area contributed by atoms with Crippen LogP contribution in [-0.2, 0) is 11.6 Å². The van der Waals surface area contributed by atoms with Gasteiger partial charge in [-0.25, -0.2) is 19.7 Å². The third-order valence-corrected chi connectivity index (χ3v) is 6.35. The van der Waals surface area contributed by atoms with Crippen molar-refractivity contribution in [3.05, 3.63) is 78.1 Å². The van der Waals surface area contributed by atoms with Crippen LogP contribution in [0.15, 0.2) is 66.9 Å². The van der Waals surface area contributed by atoms with Crippen LogP contribution in [0.1, 0.15) is 32.0 Å². The molecular formula is C26H21F3N3O4S-. The van der Waals surface area contributed by atoms with Crippen molar-refractivity contribution in [2.24, 2.45) is 0 Å². The number of halogens is 3. The highest BCUT2D eigenvalue weighted by Gasteiger charge is 2.40. The van der Waals surface area contributed by atoms with Crippen LogP contribution in [0.5, 0.6) is 17.4 Å². The van der Waals surface area contributed by atoms with E-state index >= 15 is 0 Å². The first-order valence-corrected chi connectivity index (χ1v) is 11.8. The number of carbonyl (C=O) groups is 1. The van der Waals surface area contributed by atoms with Gasteiger partial charge in [0.15, 0.2) is 5.69 Å². The van der Waals surface area contributed by atoms with E-state index in [1.165, 1.54) is 36.5 Å². The molecule has 0 spiro atoms. The van der Waals surface area contributed by atoms with E-state index in [2.05, 4.69) is 9.97 Å². The van der Waals surface area contributed by atoms with Gasteiger partial charge in [-0.1, -0.05) is 74.6 Å². The van der Waals surface area contributed by atoms with E-state index in [9.17, 15) is 28.2 Å². The predicted octanol–water partition coefficient (Wildman–Crippen LogP) is 7.20. The summed E-state index contributed by atoms with van der Waals surface area (Å²) in [5.74, 6) is -0.201. The molecule has 4 aromatic rings. The Balaban J connectivity index is 1.85. The second-order valence-corrected chi connectivity index (χ2v) is 9.97. The van der Waals surface area contributed by atoms with E-state index in [0.29, 0.717) is 22.0 Å². The summed E-state index contributed by atoms with van der Waals surface area (Å²) in [6.07, 6.45) is -5.10. The summed E-state index contributed by atoms with van der Waals surface area (Å²) < 4.78 is 47.7. The number of carboxylic acid groups (broad SMARTS) is 1. The van der Waals surface area contributed by atoms with Crippen LogP contribution in [0.2, 0.25) is 0 Å². The van der Waals surface area contributed by atoms with Crippen molar-refractivity contribution in [1.82, 2.24) is 9.97 Å². The zero-order valence-electron chi connectivity index (χ0n) is 19.9. The normalized spacial score (nSPS) is 11.8. The number of anilines is 2. The molecule has 2 heterocycles. The highest BCUT2D eigenvalue weighted by Crippen LogP contribution is 2.46. The number of hydrogen-bond donors (Lipinski definition) is 1. The minimum absolute atomic E-state index is 0.0179. The Labute approximate surface area is 214 Å². The lowest BCUT2D eigenvalue weighted by molar-refractivity contribution is -0.268. The predicted molar refractivity (Wildman–Crippen MR) is 132 cm³/mol. The first-order chi connectivity index (χ1) is 17.4. The van der Waals surface area contributed by atoms with Gasteiger partial charge in [0.1, 0.15) is 11.4 Å². The van der Waals surface area contributed by atoms with Crippen LogP contribution in [-0.4, -0.2) is 21.2 Å². The third kappa shape index (κ3) is 5.51. The van der Waals surface area contributed by atoms with E-state index in [-0.39, 0.29) is 27.4 Å². The molecule has 0 saturated heterocycles. The van der Waals surface area contributed by atoms with Gasteiger partial charge in [-0.05, 0) is 29.2 Å². The molecule has 0 saturated carbocycles. The zero-order chi connectivity index (χ0) is 27.0. The van der Waals surface area contributed by atoms with E-state index in [1.54, 1.807) is 12.1 Å². The highest BCUT2D eigenvalue weighted by atomic mass is 32.1. The topological polar surface area (TPSA) is 98.6 Å². The second kappa shape index (κ2) is 9.74. The van der Waals surface area contributed by atoms with Crippen molar-refractivity contribution in [2.45, 2.75) is 32.4 Å². The summed E-state index contributed by atoms with van der Waals surface area (Å²) >= 11 is 0.494. The molecule has 192 valence electrons. The molecule has 4 rings (SSSR count). The number of aromatic nitrogens is 2. The van der Waals surface area contributed by atoms with E-state index < -0.39 is 28.8 Å². The first kappa shape index (κ1) is 26.0. The SMILES string of the molecule is CC(C)(C)c1ccccc1Oc1ncccc1N(C(=O)O)c1nc(C(F)(F)F)c(-c2cccc([O-])c2)s1. The number of ether oxygens (including phenoxy) is 1. The molecule has 0 bridgehead atoms. The van der Waals surface area contributed by atoms with Crippen molar-refractivity contribution in [1.29, 1.82) is 0 Å². The van der Waals surface area contributed by atoms with Gasteiger partial charge < -0.3 is 14.9 Å². The molecule has 0 atom stereocenters. The Kier molecular flexibility index (Phi) is 6.83. The lowest BCUT2D eigenvalue weighted by Gasteiger charge is -2.24. The van der Waals surface area contributed by atoms with E-state index in [1.807, 2.05) is 32.9 Å². The molecule has 2 aromatic carbocycles. The molecule has 1 amide bonds. The zero-order valence-corrected chi connectivity index (χ0v) is 20.7. The smallest absolute Gasteiger partial charge is 0.434 e. The van der Waals surface area contributed by atoms with Gasteiger partial charge in [-0.15, -0.1) is 5.75 Å². The van der Waals surface area contributed by atoms with Crippen LogP contribution in [0.3, 0.4) is 0 Å². The molecule has 1 N–H and O–H groups in total. The number of benzene rings is 2. The van der Waals surface area contributed by atoms with Gasteiger partial charge in [0.05, 0.1) is 4.88 Å². The van der Waals surface area contributed by atoms with Gasteiger partial charge in [0.2, 0.25) is 11.0 Å². The molecule has 11 heteroatoms. The Bertz CT molecular complexity index is 1450. The number of hydrogen-bond acceptors (Lipinski definition) is 6. The van der Waals surface area contributed by atoms with Crippen LogP contribution in [0.25, 0.3) is 10.4 Å². The van der Waals surface area contributed by atoms with Gasteiger partial charge in [0, 0.05) is 11.8 Å². The molecule has 0 fully saturated rings. The summed E-state index contributed by atoms with van der Waals surface area (Å²) in [6.45, 7) is 5.93. The lowest BCUT2D eigenvalue weighted by atomic mass is 9.86. The van der Waals surface area contributed by atoms with Crippen molar-refractivity contribution < 1.29 is 32.9 Å². The van der Waals surface area contributed by atoms with Crippen molar-refractivity contribution >= 4 is 28.2 Å². The lowest BCUT2D eigenvalue weighted by Crippen LogP contribution is -2.24. The van der Waals surface area contributed by atoms with Gasteiger partial charge in [-0.3, -0.25) is 0 Å². The average molecular weight is 529 g/mol. The first-order valence-electron chi connectivity index (χ1n) is 11.0. The number of nitrogens with zero attached hydrogens (tertiary/aromatic N) is 3. The Morgan fingerprint density at radius 3 is 2.43 bits per heavy atom. The fraction of sp³-hybridized carbons (Fsp3) is 0.192. The number of pyridine rings is 1. The maximum absolute atomic E-state index is 13.9. The molecule has 0 unspecified atom stereocenters. The monoisotopic (exact) mass is 528 g/mol. The largest absolute Gasteiger partial charge is 0.872 e. The Hall–Kier alpha value is -4.12. The number of thiazole rings is 1. The van der Waals surface area contributed by atoms with Crippen LogP contribution < -0.4 is 14.7 Å². The van der Waals surface area contributed by atoms with Crippen LogP contribution in [0, 0.1) is 0 Å². The summed E-state index contributed by atoms with van der Waals surface area (Å²) in [6, 6.07) is 14.8. The molecule has 2 aromatic heterocycles. The summed E-state index contributed by atoms with van der Waals surface area (Å²) in [5.41, 5.74) is -0.934. The fourth-order valence-electron chi connectivity index (χ4n) is 3.63. The number of amides is 1. The molecule has 7 nitrogen and oxygen atoms in total. The minimum atomic E-state index is -4.90. The van der Waals surface area contributed by atoms with Crippen LogP contribution in [0.4, 0.5) is 28.8 Å². The number of alkyl halides is 3. The maximum atomic E-state index is 13.9. The Morgan fingerprint density at radius 2 is 1.78 bits per heavy atom. The number of rotatable bonds is 5. The second-order valence-electron chi connectivity index (χ2n) is 8.99. The van der Waals surface area contributed by atoms with Crippen molar-refractivity contribution in [3.63, 3.8) is 0 Å². The minimum Gasteiger partial charge on any atom is -0.872 e. The number of para-hydroxylation sites is 1. The standard InChI is InChI=1S/C26H22F3N3O4S/c1-25(2,3)17-10-4-5-12-19(17)36-22-18(11-7-13-30-22)32(24(34)35)23-31-21(26(27,28)29)20(37-23)15-8-6-9-16(33)14-15/h4-14,33H,1-3H3,(H,34,35)/p-1. The maximum Gasteiger partial charge on any atom is 0.434 e. The fourth-order valence-corrected chi connectivity index (χ4v) is 4.72. The van der Waals surface area contributed by atoms with E-state index in [4.69, 9.17) is 4.74 Å². The highest BCUT2D eigenvalue weighted by molar-refractivity contribution is 7.19. The van der Waals surface area contributed by atoms with Crippen molar-refractivity contribution in [3.8, 4) is 27.8 Å². The molecular weight excluding hydrogens is 507 g/mol. The van der Waals surface area contributed by atoms with Gasteiger partial charge >= 0.3 is 12.3 Å². The summed E-state index contributed by atoms with van der Waals surface area (Å²) in [4.78, 5) is 20.4. The summed E-state index contributed by atoms with van der Waals surface area (Å²) in [7, 11) is 0. The van der Waals surface area contributed by atoms with E-state index in [0.717, 1.165) is 11.6 Å². The van der Waals surface area contributed by atoms with Crippen LogP contribution >= 0.6 is 11.3 Å². The Morgan fingerprint density at radius 1 is 1.05 bits per heavy atom. The summed E-state index contributed by atoms with van der Waals surface area (Å²) in [5, 5.41) is 21.4. The van der Waals surface area contributed by atoms with Gasteiger partial charge in [0.25, 0.3) is 0 Å². The molecule has 37 heavy (non-hydrogen) atoms. The molecule has 0 radical (unpaired) electrons. The quantitative estimate of drug-likeness (QED) is 0.294.